The molecule has 1 aromatic rings. The first-order valence-electron chi connectivity index (χ1n) is 7.15. The third kappa shape index (κ3) is 6.46. The minimum absolute atomic E-state index is 0.542. The molecule has 1 unspecified atom stereocenters. The lowest BCUT2D eigenvalue weighted by Gasteiger charge is -2.19. The first-order chi connectivity index (χ1) is 8.88. The SMILES string of the molecule is CCCCC(NCCCCSC)c1ccccc1. The van der Waals surface area contributed by atoms with Crippen molar-refractivity contribution < 1.29 is 0 Å². The summed E-state index contributed by atoms with van der Waals surface area (Å²) in [5.74, 6) is 1.28. The Hall–Kier alpha value is -0.470. The van der Waals surface area contributed by atoms with Crippen LogP contribution in [-0.2, 0) is 0 Å². The van der Waals surface area contributed by atoms with Crippen LogP contribution in [0.1, 0.15) is 50.6 Å². The zero-order valence-corrected chi connectivity index (χ0v) is 12.6. The predicted molar refractivity (Wildman–Crippen MR) is 84.3 cm³/mol. The molecule has 0 saturated carbocycles. The maximum atomic E-state index is 3.72. The van der Waals surface area contributed by atoms with Crippen LogP contribution in [0.25, 0.3) is 0 Å². The fourth-order valence-electron chi connectivity index (χ4n) is 2.13. The Bertz CT molecular complexity index is 286. The highest BCUT2D eigenvalue weighted by Gasteiger charge is 2.09. The number of hydrogen-bond acceptors (Lipinski definition) is 2. The zero-order chi connectivity index (χ0) is 13.1. The summed E-state index contributed by atoms with van der Waals surface area (Å²) in [5, 5.41) is 3.72. The smallest absolute Gasteiger partial charge is 0.0320 e. The first-order valence-corrected chi connectivity index (χ1v) is 8.55. The van der Waals surface area contributed by atoms with E-state index in [9.17, 15) is 0 Å². The second-order valence-corrected chi connectivity index (χ2v) is 5.75. The molecule has 0 aliphatic carbocycles. The summed E-state index contributed by atoms with van der Waals surface area (Å²) in [7, 11) is 0. The largest absolute Gasteiger partial charge is 0.310 e. The molecule has 0 heterocycles. The number of unbranched alkanes of at least 4 members (excludes halogenated alkanes) is 2. The highest BCUT2D eigenvalue weighted by molar-refractivity contribution is 7.98. The summed E-state index contributed by atoms with van der Waals surface area (Å²) in [6.07, 6.45) is 8.62. The van der Waals surface area contributed by atoms with Gasteiger partial charge in [0, 0.05) is 6.04 Å². The van der Waals surface area contributed by atoms with Crippen molar-refractivity contribution in [2.45, 2.75) is 45.1 Å². The zero-order valence-electron chi connectivity index (χ0n) is 11.8. The van der Waals surface area contributed by atoms with E-state index < -0.39 is 0 Å². The molecule has 0 saturated heterocycles. The van der Waals surface area contributed by atoms with Gasteiger partial charge >= 0.3 is 0 Å². The standard InChI is InChI=1S/C16H27NS/c1-3-4-12-16(15-10-6-5-7-11-15)17-13-8-9-14-18-2/h5-7,10-11,16-17H,3-4,8-9,12-14H2,1-2H3. The molecule has 0 amide bonds. The molecule has 2 heteroatoms. The van der Waals surface area contributed by atoms with Crippen LogP contribution in [0.15, 0.2) is 30.3 Å². The van der Waals surface area contributed by atoms with Crippen molar-refractivity contribution in [2.24, 2.45) is 0 Å². The maximum Gasteiger partial charge on any atom is 0.0320 e. The summed E-state index contributed by atoms with van der Waals surface area (Å²) in [4.78, 5) is 0. The summed E-state index contributed by atoms with van der Waals surface area (Å²) in [6, 6.07) is 11.4. The first kappa shape index (κ1) is 15.6. The van der Waals surface area contributed by atoms with Gasteiger partial charge in [0.1, 0.15) is 0 Å². The second-order valence-electron chi connectivity index (χ2n) is 4.76. The minimum Gasteiger partial charge on any atom is -0.310 e. The van der Waals surface area contributed by atoms with E-state index in [2.05, 4.69) is 48.8 Å². The van der Waals surface area contributed by atoms with Crippen LogP contribution in [0.2, 0.25) is 0 Å². The number of benzene rings is 1. The Labute approximate surface area is 117 Å². The lowest BCUT2D eigenvalue weighted by atomic mass is 10.0. The monoisotopic (exact) mass is 265 g/mol. The van der Waals surface area contributed by atoms with Crippen LogP contribution in [0.4, 0.5) is 0 Å². The van der Waals surface area contributed by atoms with Gasteiger partial charge in [0.15, 0.2) is 0 Å². The lowest BCUT2D eigenvalue weighted by molar-refractivity contribution is 0.475. The van der Waals surface area contributed by atoms with Crippen molar-refractivity contribution in [3.8, 4) is 0 Å². The molecule has 0 spiro atoms. The summed E-state index contributed by atoms with van der Waals surface area (Å²) in [5.41, 5.74) is 1.44. The second kappa shape index (κ2) is 10.5. The average molecular weight is 265 g/mol. The van der Waals surface area contributed by atoms with Crippen LogP contribution in [0.3, 0.4) is 0 Å². The normalized spacial score (nSPS) is 12.6. The fourth-order valence-corrected chi connectivity index (χ4v) is 2.62. The van der Waals surface area contributed by atoms with Gasteiger partial charge in [-0.25, -0.2) is 0 Å². The van der Waals surface area contributed by atoms with Crippen molar-refractivity contribution in [1.82, 2.24) is 5.32 Å². The third-order valence-electron chi connectivity index (χ3n) is 3.21. The Balaban J connectivity index is 2.36. The fraction of sp³-hybridized carbons (Fsp3) is 0.625. The van der Waals surface area contributed by atoms with Gasteiger partial charge in [-0.1, -0.05) is 50.1 Å². The Morgan fingerprint density at radius 3 is 2.56 bits per heavy atom. The number of thioether (sulfide) groups is 1. The molecule has 18 heavy (non-hydrogen) atoms. The summed E-state index contributed by atoms with van der Waals surface area (Å²) >= 11 is 1.94. The van der Waals surface area contributed by atoms with E-state index in [0.717, 1.165) is 6.54 Å². The van der Waals surface area contributed by atoms with Crippen LogP contribution >= 0.6 is 11.8 Å². The average Bonchev–Trinajstić information content (AvgIpc) is 2.43. The molecular weight excluding hydrogens is 238 g/mol. The van der Waals surface area contributed by atoms with Gasteiger partial charge in [-0.05, 0) is 43.4 Å². The Morgan fingerprint density at radius 2 is 1.89 bits per heavy atom. The van der Waals surface area contributed by atoms with Crippen LogP contribution in [0, 0.1) is 0 Å². The molecule has 1 aromatic carbocycles. The molecule has 1 N–H and O–H groups in total. The van der Waals surface area contributed by atoms with E-state index in [1.165, 1.54) is 43.4 Å². The van der Waals surface area contributed by atoms with Crippen molar-refractivity contribution >= 4 is 11.8 Å². The number of nitrogens with one attached hydrogen (secondary N) is 1. The highest BCUT2D eigenvalue weighted by atomic mass is 32.2. The predicted octanol–water partition coefficient (Wildman–Crippen LogP) is 4.65. The Morgan fingerprint density at radius 1 is 1.11 bits per heavy atom. The van der Waals surface area contributed by atoms with E-state index in [1.54, 1.807) is 0 Å². The van der Waals surface area contributed by atoms with Crippen molar-refractivity contribution in [1.29, 1.82) is 0 Å². The Kier molecular flexibility index (Phi) is 9.05. The third-order valence-corrected chi connectivity index (χ3v) is 3.91. The van der Waals surface area contributed by atoms with Gasteiger partial charge in [-0.15, -0.1) is 0 Å². The van der Waals surface area contributed by atoms with E-state index in [0.29, 0.717) is 6.04 Å². The molecule has 0 fully saturated rings. The molecule has 1 rings (SSSR count). The minimum atomic E-state index is 0.542. The topological polar surface area (TPSA) is 12.0 Å². The van der Waals surface area contributed by atoms with E-state index in [4.69, 9.17) is 0 Å². The van der Waals surface area contributed by atoms with E-state index in [1.807, 2.05) is 11.8 Å². The molecule has 0 bridgehead atoms. The van der Waals surface area contributed by atoms with Gasteiger partial charge in [0.2, 0.25) is 0 Å². The quantitative estimate of drug-likeness (QED) is 0.618. The maximum absolute atomic E-state index is 3.72. The van der Waals surface area contributed by atoms with Gasteiger partial charge in [0.05, 0.1) is 0 Å². The van der Waals surface area contributed by atoms with Crippen LogP contribution in [0.5, 0.6) is 0 Å². The molecule has 0 aliphatic rings. The highest BCUT2D eigenvalue weighted by Crippen LogP contribution is 2.19. The van der Waals surface area contributed by atoms with Gasteiger partial charge < -0.3 is 5.32 Å². The van der Waals surface area contributed by atoms with Crippen molar-refractivity contribution in [3.05, 3.63) is 35.9 Å². The van der Waals surface area contributed by atoms with E-state index >= 15 is 0 Å². The van der Waals surface area contributed by atoms with Crippen LogP contribution in [-0.4, -0.2) is 18.6 Å². The molecule has 0 aliphatic heterocycles. The molecule has 1 atom stereocenters. The molecular formula is C16H27NS. The van der Waals surface area contributed by atoms with Crippen LogP contribution < -0.4 is 5.32 Å². The summed E-state index contributed by atoms with van der Waals surface area (Å²) < 4.78 is 0. The molecule has 1 nitrogen and oxygen atoms in total. The number of rotatable bonds is 10. The van der Waals surface area contributed by atoms with Gasteiger partial charge in [-0.2, -0.15) is 11.8 Å². The van der Waals surface area contributed by atoms with Gasteiger partial charge in [0.25, 0.3) is 0 Å². The number of hydrogen-bond donors (Lipinski definition) is 1. The van der Waals surface area contributed by atoms with E-state index in [-0.39, 0.29) is 0 Å². The molecule has 102 valence electrons. The molecule has 0 aromatic heterocycles. The van der Waals surface area contributed by atoms with Crippen molar-refractivity contribution in [3.63, 3.8) is 0 Å². The van der Waals surface area contributed by atoms with Crippen molar-refractivity contribution in [2.75, 3.05) is 18.6 Å². The molecule has 0 radical (unpaired) electrons. The van der Waals surface area contributed by atoms with Gasteiger partial charge in [-0.3, -0.25) is 0 Å². The lowest BCUT2D eigenvalue weighted by Crippen LogP contribution is -2.22. The summed E-state index contributed by atoms with van der Waals surface area (Å²) in [6.45, 7) is 3.41.